The van der Waals surface area contributed by atoms with Gasteiger partial charge in [-0.2, -0.15) is 0 Å². The van der Waals surface area contributed by atoms with Crippen LogP contribution in [-0.4, -0.2) is 10.8 Å². The molecule has 0 aliphatic rings. The van der Waals surface area contributed by atoms with Crippen LogP contribution in [0.4, 0.5) is 23.2 Å². The number of ketones is 1. The van der Waals surface area contributed by atoms with Crippen molar-refractivity contribution in [3.05, 3.63) is 83.1 Å². The number of aromatic nitrogens is 1. The van der Waals surface area contributed by atoms with E-state index >= 15 is 0 Å². The fourth-order valence-corrected chi connectivity index (χ4v) is 2.41. The van der Waals surface area contributed by atoms with E-state index in [1.807, 2.05) is 0 Å². The number of pyridine rings is 1. The van der Waals surface area contributed by atoms with Crippen LogP contribution >= 0.6 is 0 Å². The van der Waals surface area contributed by atoms with Gasteiger partial charge in [0, 0.05) is 17.8 Å². The molecule has 0 atom stereocenters. The molecule has 0 saturated carbocycles. The highest BCUT2D eigenvalue weighted by molar-refractivity contribution is 6.13. The fraction of sp³-hybridized carbons (Fsp3) is 0. The predicted molar refractivity (Wildman–Crippen MR) is 83.8 cm³/mol. The van der Waals surface area contributed by atoms with E-state index in [1.165, 1.54) is 12.1 Å². The Balaban J connectivity index is 2.15. The number of nitrogen functional groups attached to an aromatic ring is 1. The van der Waals surface area contributed by atoms with E-state index in [0.717, 1.165) is 30.5 Å². The molecular weight excluding hydrogens is 336 g/mol. The van der Waals surface area contributed by atoms with Crippen molar-refractivity contribution in [2.24, 2.45) is 0 Å². The molecule has 0 saturated heterocycles. The molecule has 0 spiro atoms. The number of anilines is 1. The van der Waals surface area contributed by atoms with Crippen molar-refractivity contribution < 1.29 is 22.4 Å². The van der Waals surface area contributed by atoms with Crippen molar-refractivity contribution in [3.63, 3.8) is 0 Å². The number of carbonyl (C=O) groups is 1. The van der Waals surface area contributed by atoms with Crippen LogP contribution in [0.1, 0.15) is 15.9 Å². The standard InChI is InChI=1S/C18H10F4N2O/c19-9-4-5-10(14(22)8-9)18(25)11-6-7-24-17(16(11)23)15-12(20)2-1-3-13(15)21/h1-8H,23H2. The highest BCUT2D eigenvalue weighted by atomic mass is 19.1. The monoisotopic (exact) mass is 346 g/mol. The minimum Gasteiger partial charge on any atom is -0.396 e. The number of benzene rings is 2. The Kier molecular flexibility index (Phi) is 4.22. The second kappa shape index (κ2) is 6.35. The highest BCUT2D eigenvalue weighted by Crippen LogP contribution is 2.31. The molecule has 3 nitrogen and oxygen atoms in total. The maximum Gasteiger partial charge on any atom is 0.198 e. The van der Waals surface area contributed by atoms with Crippen molar-refractivity contribution >= 4 is 11.5 Å². The van der Waals surface area contributed by atoms with Crippen LogP contribution in [0.15, 0.2) is 48.7 Å². The van der Waals surface area contributed by atoms with Crippen molar-refractivity contribution in [1.82, 2.24) is 4.98 Å². The third-order valence-electron chi connectivity index (χ3n) is 3.61. The van der Waals surface area contributed by atoms with Gasteiger partial charge in [0.25, 0.3) is 0 Å². The Labute approximate surface area is 139 Å². The first-order valence-corrected chi connectivity index (χ1v) is 7.08. The number of nitrogens with zero attached hydrogens (tertiary/aromatic N) is 1. The number of nitrogens with two attached hydrogens (primary N) is 1. The van der Waals surface area contributed by atoms with Crippen LogP contribution in [-0.2, 0) is 0 Å². The smallest absolute Gasteiger partial charge is 0.198 e. The summed E-state index contributed by atoms with van der Waals surface area (Å²) < 4.78 is 54.7. The van der Waals surface area contributed by atoms with Gasteiger partial charge in [0.15, 0.2) is 5.78 Å². The number of hydrogen-bond acceptors (Lipinski definition) is 3. The fourth-order valence-electron chi connectivity index (χ4n) is 2.41. The van der Waals surface area contributed by atoms with E-state index in [0.29, 0.717) is 6.07 Å². The van der Waals surface area contributed by atoms with E-state index in [4.69, 9.17) is 5.73 Å². The first-order chi connectivity index (χ1) is 11.9. The van der Waals surface area contributed by atoms with Gasteiger partial charge in [0.1, 0.15) is 23.3 Å². The summed E-state index contributed by atoms with van der Waals surface area (Å²) in [5, 5.41) is 0. The molecule has 0 amide bonds. The lowest BCUT2D eigenvalue weighted by atomic mass is 9.98. The van der Waals surface area contributed by atoms with Crippen molar-refractivity contribution in [1.29, 1.82) is 0 Å². The van der Waals surface area contributed by atoms with Gasteiger partial charge in [-0.1, -0.05) is 6.07 Å². The van der Waals surface area contributed by atoms with Crippen molar-refractivity contribution in [3.8, 4) is 11.3 Å². The molecule has 7 heteroatoms. The van der Waals surface area contributed by atoms with Gasteiger partial charge in [0.05, 0.1) is 22.5 Å². The quantitative estimate of drug-likeness (QED) is 0.573. The zero-order valence-electron chi connectivity index (χ0n) is 12.6. The van der Waals surface area contributed by atoms with Crippen molar-refractivity contribution in [2.45, 2.75) is 0 Å². The molecule has 3 aromatic rings. The molecular formula is C18H10F4N2O. The SMILES string of the molecule is Nc1c(C(=O)c2ccc(F)cc2F)ccnc1-c1c(F)cccc1F. The summed E-state index contributed by atoms with van der Waals surface area (Å²) in [7, 11) is 0. The summed E-state index contributed by atoms with van der Waals surface area (Å²) in [5.41, 5.74) is 4.17. The van der Waals surface area contributed by atoms with Gasteiger partial charge in [-0.3, -0.25) is 9.78 Å². The third-order valence-corrected chi connectivity index (χ3v) is 3.61. The van der Waals surface area contributed by atoms with Gasteiger partial charge in [-0.15, -0.1) is 0 Å². The van der Waals surface area contributed by atoms with Gasteiger partial charge in [-0.25, -0.2) is 17.6 Å². The minimum absolute atomic E-state index is 0.196. The molecule has 0 aliphatic carbocycles. The van der Waals surface area contributed by atoms with E-state index in [1.54, 1.807) is 0 Å². The summed E-state index contributed by atoms with van der Waals surface area (Å²) in [6.45, 7) is 0. The van der Waals surface area contributed by atoms with E-state index < -0.39 is 40.2 Å². The molecule has 126 valence electrons. The molecule has 0 unspecified atom stereocenters. The summed E-state index contributed by atoms with van der Waals surface area (Å²) in [6.07, 6.45) is 1.13. The first-order valence-electron chi connectivity index (χ1n) is 7.08. The first kappa shape index (κ1) is 16.6. The highest BCUT2D eigenvalue weighted by Gasteiger charge is 2.22. The molecule has 2 N–H and O–H groups in total. The minimum atomic E-state index is -1.07. The topological polar surface area (TPSA) is 56.0 Å². The van der Waals surface area contributed by atoms with E-state index in [-0.39, 0.29) is 16.9 Å². The van der Waals surface area contributed by atoms with Crippen LogP contribution in [0, 0.1) is 23.3 Å². The predicted octanol–water partition coefficient (Wildman–Crippen LogP) is 4.12. The normalized spacial score (nSPS) is 10.7. The Morgan fingerprint density at radius 3 is 2.20 bits per heavy atom. The number of rotatable bonds is 3. The lowest BCUT2D eigenvalue weighted by Gasteiger charge is -2.11. The third kappa shape index (κ3) is 2.96. The summed E-state index contributed by atoms with van der Waals surface area (Å²) in [6, 6.07) is 6.86. The summed E-state index contributed by atoms with van der Waals surface area (Å²) >= 11 is 0. The van der Waals surface area contributed by atoms with Crippen LogP contribution < -0.4 is 5.73 Å². The lowest BCUT2D eigenvalue weighted by molar-refractivity contribution is 0.103. The Morgan fingerprint density at radius 2 is 1.56 bits per heavy atom. The van der Waals surface area contributed by atoms with Crippen LogP contribution in [0.2, 0.25) is 0 Å². The molecule has 0 bridgehead atoms. The second-order valence-corrected chi connectivity index (χ2v) is 5.17. The molecule has 1 aromatic heterocycles. The number of halogens is 4. The maximum absolute atomic E-state index is 14.0. The molecule has 0 fully saturated rings. The summed E-state index contributed by atoms with van der Waals surface area (Å²) in [5.74, 6) is -4.57. The van der Waals surface area contributed by atoms with E-state index in [9.17, 15) is 22.4 Å². The van der Waals surface area contributed by atoms with Gasteiger partial charge < -0.3 is 5.73 Å². The number of hydrogen-bond donors (Lipinski definition) is 1. The Bertz CT molecular complexity index is 969. The second-order valence-electron chi connectivity index (χ2n) is 5.17. The molecule has 0 radical (unpaired) electrons. The van der Waals surface area contributed by atoms with Crippen molar-refractivity contribution in [2.75, 3.05) is 5.73 Å². The van der Waals surface area contributed by atoms with Gasteiger partial charge >= 0.3 is 0 Å². The summed E-state index contributed by atoms with van der Waals surface area (Å²) in [4.78, 5) is 16.3. The molecule has 0 aliphatic heterocycles. The number of carbonyl (C=O) groups excluding carboxylic acids is 1. The van der Waals surface area contributed by atoms with Crippen LogP contribution in [0.5, 0.6) is 0 Å². The van der Waals surface area contributed by atoms with Gasteiger partial charge in [-0.05, 0) is 30.3 Å². The Hall–Kier alpha value is -3.22. The van der Waals surface area contributed by atoms with Gasteiger partial charge in [0.2, 0.25) is 0 Å². The zero-order valence-corrected chi connectivity index (χ0v) is 12.6. The average molecular weight is 346 g/mol. The molecule has 1 heterocycles. The lowest BCUT2D eigenvalue weighted by Crippen LogP contribution is -2.10. The van der Waals surface area contributed by atoms with Crippen LogP contribution in [0.25, 0.3) is 11.3 Å². The van der Waals surface area contributed by atoms with E-state index in [2.05, 4.69) is 4.98 Å². The molecule has 25 heavy (non-hydrogen) atoms. The molecule has 3 rings (SSSR count). The zero-order chi connectivity index (χ0) is 18.1. The maximum atomic E-state index is 14.0. The average Bonchev–Trinajstić information content (AvgIpc) is 2.55. The van der Waals surface area contributed by atoms with Crippen LogP contribution in [0.3, 0.4) is 0 Å². The Morgan fingerprint density at radius 1 is 0.880 bits per heavy atom. The largest absolute Gasteiger partial charge is 0.396 e. The molecule has 2 aromatic carbocycles.